The summed E-state index contributed by atoms with van der Waals surface area (Å²) in [6, 6.07) is 12.6. The smallest absolute Gasteiger partial charge is 0.324 e. The molecule has 0 aliphatic carbocycles. The highest BCUT2D eigenvalue weighted by molar-refractivity contribution is 7.18. The molecule has 3 amide bonds. The summed E-state index contributed by atoms with van der Waals surface area (Å²) in [5.74, 6) is 1.47. The van der Waals surface area contributed by atoms with Crippen LogP contribution in [-0.4, -0.2) is 43.0 Å². The average molecular weight is 385 g/mol. The number of anilines is 2. The van der Waals surface area contributed by atoms with Gasteiger partial charge in [-0.25, -0.2) is 4.79 Å². The van der Waals surface area contributed by atoms with Crippen molar-refractivity contribution in [1.29, 1.82) is 0 Å². The maximum atomic E-state index is 12.9. The molecule has 2 aliphatic rings. The quantitative estimate of drug-likeness (QED) is 0.759. The van der Waals surface area contributed by atoms with Crippen molar-refractivity contribution in [3.63, 3.8) is 0 Å². The molecule has 27 heavy (non-hydrogen) atoms. The molecule has 2 aromatic rings. The van der Waals surface area contributed by atoms with Crippen LogP contribution in [0.15, 0.2) is 42.5 Å². The van der Waals surface area contributed by atoms with E-state index in [1.165, 1.54) is 11.3 Å². The third-order valence-corrected chi connectivity index (χ3v) is 6.38. The van der Waals surface area contributed by atoms with Crippen LogP contribution >= 0.6 is 11.3 Å². The van der Waals surface area contributed by atoms with E-state index in [1.54, 1.807) is 12.1 Å². The standard InChI is InChI=1S/C20H24N4O2S/c25-19(24-10-8-14-12-21-13-15(14)9-11-24)17-6-7-18(27-17)23-20(26)22-16-4-2-1-3-5-16/h1-7,14-15,21H,8-13H2,(H2,22,23,26)/t14-,15+. The lowest BCUT2D eigenvalue weighted by Gasteiger charge is -2.20. The SMILES string of the molecule is O=C(Nc1ccccc1)Nc1ccc(C(=O)N2CC[C@@H]3CNC[C@@H]3CC2)s1. The highest BCUT2D eigenvalue weighted by Gasteiger charge is 2.32. The second-order valence-electron chi connectivity index (χ2n) is 7.16. The Kier molecular flexibility index (Phi) is 5.40. The number of rotatable bonds is 3. The van der Waals surface area contributed by atoms with Gasteiger partial charge in [-0.15, -0.1) is 11.3 Å². The zero-order chi connectivity index (χ0) is 18.6. The highest BCUT2D eigenvalue weighted by Crippen LogP contribution is 2.29. The minimum Gasteiger partial charge on any atom is -0.338 e. The van der Waals surface area contributed by atoms with Crippen molar-refractivity contribution in [2.75, 3.05) is 36.8 Å². The Morgan fingerprint density at radius 2 is 1.67 bits per heavy atom. The number of benzene rings is 1. The van der Waals surface area contributed by atoms with Gasteiger partial charge in [-0.2, -0.15) is 0 Å². The largest absolute Gasteiger partial charge is 0.338 e. The van der Waals surface area contributed by atoms with E-state index in [0.29, 0.717) is 21.7 Å². The van der Waals surface area contributed by atoms with Gasteiger partial charge in [0, 0.05) is 18.8 Å². The Balaban J connectivity index is 1.34. The molecule has 2 saturated heterocycles. The zero-order valence-corrected chi connectivity index (χ0v) is 15.9. The summed E-state index contributed by atoms with van der Waals surface area (Å²) in [6.07, 6.45) is 2.14. The average Bonchev–Trinajstić information content (AvgIpc) is 3.27. The summed E-state index contributed by atoms with van der Waals surface area (Å²) in [5.41, 5.74) is 0.729. The molecular formula is C20H24N4O2S. The fraction of sp³-hybridized carbons (Fsp3) is 0.400. The Labute approximate surface area is 162 Å². The van der Waals surface area contributed by atoms with Gasteiger partial charge in [-0.3, -0.25) is 10.1 Å². The van der Waals surface area contributed by atoms with E-state index in [2.05, 4.69) is 16.0 Å². The lowest BCUT2D eigenvalue weighted by molar-refractivity contribution is 0.0763. The topological polar surface area (TPSA) is 73.5 Å². The van der Waals surface area contributed by atoms with Crippen molar-refractivity contribution in [2.45, 2.75) is 12.8 Å². The number of carbonyl (C=O) groups excluding carboxylic acids is 2. The molecule has 1 aromatic heterocycles. The molecule has 2 atom stereocenters. The van der Waals surface area contributed by atoms with Crippen LogP contribution in [-0.2, 0) is 0 Å². The van der Waals surface area contributed by atoms with E-state index < -0.39 is 0 Å². The van der Waals surface area contributed by atoms with Crippen molar-refractivity contribution >= 4 is 34.0 Å². The monoisotopic (exact) mass is 384 g/mol. The molecule has 2 fully saturated rings. The first-order chi connectivity index (χ1) is 13.2. The molecule has 2 aliphatic heterocycles. The third-order valence-electron chi connectivity index (χ3n) is 5.39. The van der Waals surface area contributed by atoms with E-state index in [1.807, 2.05) is 35.2 Å². The molecule has 0 bridgehead atoms. The van der Waals surface area contributed by atoms with Crippen molar-refractivity contribution < 1.29 is 9.59 Å². The van der Waals surface area contributed by atoms with Crippen molar-refractivity contribution in [3.8, 4) is 0 Å². The number of nitrogens with zero attached hydrogens (tertiary/aromatic N) is 1. The minimum absolute atomic E-state index is 0.0736. The van der Waals surface area contributed by atoms with Crippen molar-refractivity contribution in [2.24, 2.45) is 11.8 Å². The molecule has 7 heteroatoms. The maximum absolute atomic E-state index is 12.9. The van der Waals surface area contributed by atoms with Crippen LogP contribution in [0.25, 0.3) is 0 Å². The van der Waals surface area contributed by atoms with E-state index in [-0.39, 0.29) is 11.9 Å². The highest BCUT2D eigenvalue weighted by atomic mass is 32.1. The normalized spacial score (nSPS) is 22.0. The fourth-order valence-corrected chi connectivity index (χ4v) is 4.76. The predicted octanol–water partition coefficient (Wildman–Crippen LogP) is 3.46. The fourth-order valence-electron chi connectivity index (χ4n) is 3.89. The molecule has 0 saturated carbocycles. The van der Waals surface area contributed by atoms with Crippen molar-refractivity contribution in [3.05, 3.63) is 47.3 Å². The molecule has 0 spiro atoms. The summed E-state index contributed by atoms with van der Waals surface area (Å²) >= 11 is 1.33. The van der Waals surface area contributed by atoms with Crippen LogP contribution in [0, 0.1) is 11.8 Å². The van der Waals surface area contributed by atoms with Gasteiger partial charge < -0.3 is 15.5 Å². The number of carbonyl (C=O) groups is 2. The minimum atomic E-state index is -0.308. The summed E-state index contributed by atoms with van der Waals surface area (Å²) < 4.78 is 0. The molecule has 3 heterocycles. The van der Waals surface area contributed by atoms with Crippen molar-refractivity contribution in [1.82, 2.24) is 10.2 Å². The molecule has 0 radical (unpaired) electrons. The zero-order valence-electron chi connectivity index (χ0n) is 15.1. The predicted molar refractivity (Wildman–Crippen MR) is 108 cm³/mol. The summed E-state index contributed by atoms with van der Waals surface area (Å²) in [5, 5.41) is 9.71. The van der Waals surface area contributed by atoms with Crippen LogP contribution in [0.4, 0.5) is 15.5 Å². The van der Waals surface area contributed by atoms with Crippen LogP contribution in [0.1, 0.15) is 22.5 Å². The number of likely N-dealkylation sites (tertiary alicyclic amines) is 1. The Hall–Kier alpha value is -2.38. The first kappa shape index (κ1) is 18.0. The van der Waals surface area contributed by atoms with E-state index in [9.17, 15) is 9.59 Å². The number of nitrogens with one attached hydrogen (secondary N) is 3. The van der Waals surface area contributed by atoms with Crippen LogP contribution in [0.2, 0.25) is 0 Å². The number of hydrogen-bond donors (Lipinski definition) is 3. The lowest BCUT2D eigenvalue weighted by atomic mass is 9.92. The first-order valence-corrected chi connectivity index (χ1v) is 10.2. The van der Waals surface area contributed by atoms with E-state index in [0.717, 1.165) is 44.7 Å². The van der Waals surface area contributed by atoms with Gasteiger partial charge in [-0.05, 0) is 62.0 Å². The second-order valence-corrected chi connectivity index (χ2v) is 8.24. The molecule has 3 N–H and O–H groups in total. The van der Waals surface area contributed by atoms with Gasteiger partial charge in [0.2, 0.25) is 0 Å². The third kappa shape index (κ3) is 4.31. The van der Waals surface area contributed by atoms with Gasteiger partial charge in [-0.1, -0.05) is 18.2 Å². The number of hydrogen-bond acceptors (Lipinski definition) is 4. The number of amides is 3. The molecule has 142 valence electrons. The van der Waals surface area contributed by atoms with Gasteiger partial charge in [0.25, 0.3) is 5.91 Å². The maximum Gasteiger partial charge on any atom is 0.324 e. The lowest BCUT2D eigenvalue weighted by Crippen LogP contribution is -2.32. The van der Waals surface area contributed by atoms with Gasteiger partial charge >= 0.3 is 6.03 Å². The summed E-state index contributed by atoms with van der Waals surface area (Å²) in [4.78, 5) is 27.6. The number of thiophene rings is 1. The Morgan fingerprint density at radius 1 is 0.963 bits per heavy atom. The molecule has 6 nitrogen and oxygen atoms in total. The summed E-state index contributed by atoms with van der Waals surface area (Å²) in [6.45, 7) is 3.79. The molecule has 0 unspecified atom stereocenters. The molecule has 4 rings (SSSR count). The van der Waals surface area contributed by atoms with Gasteiger partial charge in [0.15, 0.2) is 0 Å². The van der Waals surface area contributed by atoms with Crippen LogP contribution < -0.4 is 16.0 Å². The number of para-hydroxylation sites is 1. The van der Waals surface area contributed by atoms with Crippen LogP contribution in [0.5, 0.6) is 0 Å². The molecule has 1 aromatic carbocycles. The van der Waals surface area contributed by atoms with Crippen LogP contribution in [0.3, 0.4) is 0 Å². The Bertz CT molecular complexity index is 793. The van der Waals surface area contributed by atoms with Gasteiger partial charge in [0.1, 0.15) is 0 Å². The molecular weight excluding hydrogens is 360 g/mol. The first-order valence-electron chi connectivity index (χ1n) is 9.42. The number of urea groups is 1. The van der Waals surface area contributed by atoms with Gasteiger partial charge in [0.05, 0.1) is 9.88 Å². The Morgan fingerprint density at radius 3 is 2.37 bits per heavy atom. The summed E-state index contributed by atoms with van der Waals surface area (Å²) in [7, 11) is 0. The van der Waals surface area contributed by atoms with E-state index >= 15 is 0 Å². The number of fused-ring (bicyclic) bond motifs is 1. The second kappa shape index (κ2) is 8.10. The van der Waals surface area contributed by atoms with E-state index in [4.69, 9.17) is 0 Å².